The second-order valence-electron chi connectivity index (χ2n) is 2.77. The molecule has 0 fully saturated rings. The van der Waals surface area contributed by atoms with Crippen LogP contribution in [0.1, 0.15) is 19.5 Å². The van der Waals surface area contributed by atoms with E-state index in [2.05, 4.69) is 0 Å². The summed E-state index contributed by atoms with van der Waals surface area (Å²) >= 11 is 0. The highest BCUT2D eigenvalue weighted by molar-refractivity contribution is 5.05. The summed E-state index contributed by atoms with van der Waals surface area (Å²) < 4.78 is 37.7. The van der Waals surface area contributed by atoms with Crippen molar-refractivity contribution in [3.05, 3.63) is 32.6 Å². The Kier molecular flexibility index (Phi) is 4.52. The lowest BCUT2D eigenvalue weighted by Gasteiger charge is -2.11. The van der Waals surface area contributed by atoms with E-state index < -0.39 is 23.1 Å². The summed E-state index contributed by atoms with van der Waals surface area (Å²) in [5.74, 6) is 0. The average molecular weight is 238 g/mol. The van der Waals surface area contributed by atoms with Crippen LogP contribution in [0.3, 0.4) is 0 Å². The molecule has 0 atom stereocenters. The molecule has 1 heterocycles. The Hall–Kier alpha value is -1.53. The molecule has 7 heteroatoms. The van der Waals surface area contributed by atoms with Crippen LogP contribution >= 0.6 is 0 Å². The number of halogens is 3. The number of hydrogen-bond acceptors (Lipinski definition) is 2. The molecular formula is C9H13F3N2O2. The third-order valence-corrected chi connectivity index (χ3v) is 1.82. The van der Waals surface area contributed by atoms with E-state index in [1.807, 2.05) is 13.8 Å². The highest BCUT2D eigenvalue weighted by Crippen LogP contribution is 2.26. The first-order valence-electron chi connectivity index (χ1n) is 4.59. The van der Waals surface area contributed by atoms with Crippen molar-refractivity contribution in [2.24, 2.45) is 14.1 Å². The highest BCUT2D eigenvalue weighted by Gasteiger charge is 2.34. The normalized spacial score (nSPS) is 10.7. The van der Waals surface area contributed by atoms with Crippen molar-refractivity contribution in [3.63, 3.8) is 0 Å². The largest absolute Gasteiger partial charge is 0.431 e. The third-order valence-electron chi connectivity index (χ3n) is 1.82. The molecule has 1 aromatic heterocycles. The molecule has 0 spiro atoms. The number of aromatic nitrogens is 2. The molecule has 16 heavy (non-hydrogen) atoms. The molecule has 0 saturated heterocycles. The Morgan fingerprint density at radius 1 is 1.06 bits per heavy atom. The summed E-state index contributed by atoms with van der Waals surface area (Å²) in [6, 6.07) is 0.390. The first-order chi connectivity index (χ1) is 7.25. The fourth-order valence-corrected chi connectivity index (χ4v) is 1.00. The monoisotopic (exact) mass is 238 g/mol. The van der Waals surface area contributed by atoms with Crippen molar-refractivity contribution >= 4 is 0 Å². The maximum Gasteiger partial charge on any atom is 0.431 e. The van der Waals surface area contributed by atoms with Gasteiger partial charge >= 0.3 is 11.9 Å². The van der Waals surface area contributed by atoms with Crippen LogP contribution in [0.15, 0.2) is 15.7 Å². The lowest BCUT2D eigenvalue weighted by Crippen LogP contribution is -2.39. The zero-order valence-corrected chi connectivity index (χ0v) is 9.42. The first kappa shape index (κ1) is 14.5. The molecule has 0 aliphatic heterocycles. The molecule has 92 valence electrons. The lowest BCUT2D eigenvalue weighted by atomic mass is 10.4. The Morgan fingerprint density at radius 2 is 1.50 bits per heavy atom. The molecule has 0 aromatic carbocycles. The van der Waals surface area contributed by atoms with Gasteiger partial charge in [-0.25, -0.2) is 4.79 Å². The first-order valence-corrected chi connectivity index (χ1v) is 4.59. The summed E-state index contributed by atoms with van der Waals surface area (Å²) in [6.45, 7) is 4.00. The van der Waals surface area contributed by atoms with Gasteiger partial charge in [0.05, 0.1) is 0 Å². The van der Waals surface area contributed by atoms with Gasteiger partial charge in [0.1, 0.15) is 5.69 Å². The fourth-order valence-electron chi connectivity index (χ4n) is 1.00. The van der Waals surface area contributed by atoms with Crippen LogP contribution in [0.2, 0.25) is 0 Å². The van der Waals surface area contributed by atoms with Gasteiger partial charge in [-0.2, -0.15) is 13.2 Å². The summed E-state index contributed by atoms with van der Waals surface area (Å²) in [7, 11) is 2.08. The number of alkyl halides is 3. The molecule has 0 aliphatic carbocycles. The Morgan fingerprint density at radius 3 is 1.88 bits per heavy atom. The highest BCUT2D eigenvalue weighted by atomic mass is 19.4. The van der Waals surface area contributed by atoms with Crippen molar-refractivity contribution < 1.29 is 13.2 Å². The van der Waals surface area contributed by atoms with Crippen molar-refractivity contribution in [3.8, 4) is 0 Å². The minimum atomic E-state index is -4.69. The molecule has 4 nitrogen and oxygen atoms in total. The fraction of sp³-hybridized carbons (Fsp3) is 0.556. The van der Waals surface area contributed by atoms with Crippen LogP contribution in [0.25, 0.3) is 0 Å². The van der Waals surface area contributed by atoms with Gasteiger partial charge in [-0.1, -0.05) is 13.8 Å². The Labute approximate surface area is 89.9 Å². The molecule has 1 rings (SSSR count). The molecule has 0 saturated carbocycles. The SMILES string of the molecule is CC.Cn1c(C(F)(F)F)cc(=O)n(C)c1=O. The zero-order valence-electron chi connectivity index (χ0n) is 9.42. The van der Waals surface area contributed by atoms with Crippen molar-refractivity contribution in [1.82, 2.24) is 9.13 Å². The van der Waals surface area contributed by atoms with Gasteiger partial charge < -0.3 is 0 Å². The van der Waals surface area contributed by atoms with E-state index in [0.29, 0.717) is 15.2 Å². The second-order valence-corrected chi connectivity index (χ2v) is 2.77. The number of nitrogens with zero attached hydrogens (tertiary/aromatic N) is 2. The van der Waals surface area contributed by atoms with Gasteiger partial charge in [0.15, 0.2) is 0 Å². The van der Waals surface area contributed by atoms with Gasteiger partial charge in [-0.05, 0) is 0 Å². The van der Waals surface area contributed by atoms with Gasteiger partial charge in [0.2, 0.25) is 0 Å². The Balaban J connectivity index is 0.00000106. The van der Waals surface area contributed by atoms with Gasteiger partial charge in [0, 0.05) is 20.2 Å². The van der Waals surface area contributed by atoms with E-state index in [0.717, 1.165) is 14.1 Å². The van der Waals surface area contributed by atoms with Gasteiger partial charge in [0.25, 0.3) is 5.56 Å². The molecule has 0 unspecified atom stereocenters. The van der Waals surface area contributed by atoms with Gasteiger partial charge in [-0.15, -0.1) is 0 Å². The molecule has 0 N–H and O–H groups in total. The zero-order chi connectivity index (χ0) is 13.1. The second kappa shape index (κ2) is 5.00. The number of rotatable bonds is 0. The Bertz CT molecular complexity index is 471. The topological polar surface area (TPSA) is 44.0 Å². The van der Waals surface area contributed by atoms with Crippen LogP contribution in [0.5, 0.6) is 0 Å². The molecule has 0 bridgehead atoms. The summed E-state index contributed by atoms with van der Waals surface area (Å²) in [5, 5.41) is 0. The van der Waals surface area contributed by atoms with Crippen molar-refractivity contribution in [1.29, 1.82) is 0 Å². The van der Waals surface area contributed by atoms with E-state index in [-0.39, 0.29) is 0 Å². The smallest absolute Gasteiger partial charge is 0.292 e. The van der Waals surface area contributed by atoms with Crippen molar-refractivity contribution in [2.75, 3.05) is 0 Å². The average Bonchev–Trinajstić information content (AvgIpc) is 2.21. The maximum absolute atomic E-state index is 12.2. The van der Waals surface area contributed by atoms with Crippen LogP contribution in [-0.4, -0.2) is 9.13 Å². The molecular weight excluding hydrogens is 225 g/mol. The lowest BCUT2D eigenvalue weighted by molar-refractivity contribution is -0.144. The van der Waals surface area contributed by atoms with Crippen LogP contribution < -0.4 is 11.2 Å². The van der Waals surface area contributed by atoms with E-state index >= 15 is 0 Å². The number of hydrogen-bond donors (Lipinski definition) is 0. The van der Waals surface area contributed by atoms with Crippen LogP contribution in [0.4, 0.5) is 13.2 Å². The standard InChI is InChI=1S/C7H7F3N2O2.C2H6/c1-11-4(7(8,9)10)3-5(13)12(2)6(11)14;1-2/h3H,1-2H3;1-2H3. The van der Waals surface area contributed by atoms with E-state index in [9.17, 15) is 22.8 Å². The van der Waals surface area contributed by atoms with E-state index in [1.54, 1.807) is 0 Å². The van der Waals surface area contributed by atoms with Crippen LogP contribution in [0, 0.1) is 0 Å². The van der Waals surface area contributed by atoms with Crippen LogP contribution in [-0.2, 0) is 20.3 Å². The molecule has 0 amide bonds. The summed E-state index contributed by atoms with van der Waals surface area (Å²) in [6.07, 6.45) is -4.69. The predicted octanol–water partition coefficient (Wildman–Crippen LogP) is 1.13. The van der Waals surface area contributed by atoms with Crippen molar-refractivity contribution in [2.45, 2.75) is 20.0 Å². The molecule has 0 radical (unpaired) electrons. The van der Waals surface area contributed by atoms with E-state index in [1.165, 1.54) is 0 Å². The summed E-state index contributed by atoms with van der Waals surface area (Å²) in [5.41, 5.74) is -3.21. The van der Waals surface area contributed by atoms with Gasteiger partial charge in [-0.3, -0.25) is 13.9 Å². The minimum Gasteiger partial charge on any atom is -0.292 e. The quantitative estimate of drug-likeness (QED) is 0.680. The molecule has 1 aromatic rings. The summed E-state index contributed by atoms with van der Waals surface area (Å²) in [4.78, 5) is 22.0. The maximum atomic E-state index is 12.2. The molecule has 0 aliphatic rings. The third kappa shape index (κ3) is 2.74. The minimum absolute atomic E-state index is 0.390. The predicted molar refractivity (Wildman–Crippen MR) is 53.3 cm³/mol. The van der Waals surface area contributed by atoms with E-state index in [4.69, 9.17) is 0 Å².